The molecule has 1 aliphatic carbocycles. The Morgan fingerprint density at radius 2 is 2.38 bits per heavy atom. The van der Waals surface area contributed by atoms with Crippen LogP contribution in [0.2, 0.25) is 0 Å². The first kappa shape index (κ1) is 13.8. The van der Waals surface area contributed by atoms with Crippen molar-refractivity contribution in [2.45, 2.75) is 31.4 Å². The van der Waals surface area contributed by atoms with Gasteiger partial charge in [-0.2, -0.15) is 5.10 Å². The molecule has 112 valence electrons. The molecular formula is C12H16N6O2S. The number of hydrogen-bond acceptors (Lipinski definition) is 6. The quantitative estimate of drug-likeness (QED) is 0.890. The second-order valence-corrected chi connectivity index (χ2v) is 5.71. The molecule has 3 rings (SSSR count). The van der Waals surface area contributed by atoms with Gasteiger partial charge in [0.05, 0.1) is 24.6 Å². The minimum absolute atomic E-state index is 0.00825. The summed E-state index contributed by atoms with van der Waals surface area (Å²) in [7, 11) is 1.84. The Morgan fingerprint density at radius 1 is 1.48 bits per heavy atom. The Labute approximate surface area is 125 Å². The molecule has 2 aromatic heterocycles. The molecule has 8 nitrogen and oxygen atoms in total. The average molecular weight is 308 g/mol. The highest BCUT2D eigenvalue weighted by atomic mass is 32.1. The van der Waals surface area contributed by atoms with Crippen molar-refractivity contribution in [2.75, 3.05) is 5.32 Å². The molecule has 1 saturated carbocycles. The zero-order chi connectivity index (χ0) is 14.7. The van der Waals surface area contributed by atoms with E-state index in [1.165, 1.54) is 6.20 Å². The fraction of sp³-hybridized carbons (Fsp3) is 0.500. The maximum atomic E-state index is 11.9. The number of carbonyl (C=O) groups is 1. The van der Waals surface area contributed by atoms with Crippen LogP contribution in [0.3, 0.4) is 0 Å². The number of urea groups is 1. The molecule has 0 spiro atoms. The molecule has 21 heavy (non-hydrogen) atoms. The van der Waals surface area contributed by atoms with Crippen molar-refractivity contribution in [1.29, 1.82) is 0 Å². The van der Waals surface area contributed by atoms with Crippen LogP contribution in [0.5, 0.6) is 5.75 Å². The lowest BCUT2D eigenvalue weighted by Gasteiger charge is -2.21. The number of aromatic nitrogens is 4. The van der Waals surface area contributed by atoms with Crippen LogP contribution in [0.4, 0.5) is 9.80 Å². The minimum Gasteiger partial charge on any atom is -0.485 e. The normalized spacial score (nSPS) is 21.2. The van der Waals surface area contributed by atoms with Gasteiger partial charge in [-0.1, -0.05) is 4.49 Å². The van der Waals surface area contributed by atoms with Crippen molar-refractivity contribution in [2.24, 2.45) is 7.05 Å². The molecule has 0 radical (unpaired) electrons. The molecule has 2 amide bonds. The summed E-state index contributed by atoms with van der Waals surface area (Å²) in [6.45, 7) is 0. The van der Waals surface area contributed by atoms with Gasteiger partial charge in [0.2, 0.25) is 0 Å². The van der Waals surface area contributed by atoms with Crippen LogP contribution in [0.15, 0.2) is 18.6 Å². The van der Waals surface area contributed by atoms with Crippen LogP contribution in [0, 0.1) is 0 Å². The second kappa shape index (κ2) is 6.08. The summed E-state index contributed by atoms with van der Waals surface area (Å²) in [4.78, 5) is 11.9. The fourth-order valence-electron chi connectivity index (χ4n) is 2.41. The highest BCUT2D eigenvalue weighted by molar-refractivity contribution is 7.10. The highest BCUT2D eigenvalue weighted by Gasteiger charge is 2.30. The number of anilines is 1. The predicted octanol–water partition coefficient (Wildman–Crippen LogP) is 1.39. The molecule has 1 aliphatic rings. The predicted molar refractivity (Wildman–Crippen MR) is 77.3 cm³/mol. The summed E-state index contributed by atoms with van der Waals surface area (Å²) in [5.74, 6) is 0.725. The highest BCUT2D eigenvalue weighted by Crippen LogP contribution is 2.24. The molecule has 9 heteroatoms. The van der Waals surface area contributed by atoms with Crippen LogP contribution in [0.25, 0.3) is 0 Å². The third kappa shape index (κ3) is 3.48. The Hall–Kier alpha value is -2.16. The number of amides is 2. The second-order valence-electron chi connectivity index (χ2n) is 4.92. The smallest absolute Gasteiger partial charge is 0.320 e. The zero-order valence-corrected chi connectivity index (χ0v) is 12.3. The summed E-state index contributed by atoms with van der Waals surface area (Å²) in [5.41, 5.74) is 0. The molecule has 2 N–H and O–H groups in total. The van der Waals surface area contributed by atoms with E-state index in [-0.39, 0.29) is 18.2 Å². The van der Waals surface area contributed by atoms with Crippen molar-refractivity contribution in [3.63, 3.8) is 0 Å². The molecule has 0 unspecified atom stereocenters. The van der Waals surface area contributed by atoms with E-state index in [1.54, 1.807) is 10.9 Å². The Kier molecular flexibility index (Phi) is 4.00. The van der Waals surface area contributed by atoms with Crippen LogP contribution >= 0.6 is 11.5 Å². The number of rotatable bonds is 4. The van der Waals surface area contributed by atoms with Crippen molar-refractivity contribution >= 4 is 22.6 Å². The molecule has 2 atom stereocenters. The topological polar surface area (TPSA) is 94.0 Å². The molecule has 0 saturated heterocycles. The van der Waals surface area contributed by atoms with E-state index in [2.05, 4.69) is 25.3 Å². The van der Waals surface area contributed by atoms with Gasteiger partial charge in [0.25, 0.3) is 0 Å². The SMILES string of the molecule is Cn1cc(O[C@@H]2CCC[C@@H]2NC(=O)Nc2cnns2)cn1. The molecule has 0 aliphatic heterocycles. The standard InChI is InChI=1S/C12H16N6O2S/c1-18-7-8(5-14-18)20-10-4-2-3-9(10)15-12(19)16-11-6-13-17-21-11/h5-7,9-10H,2-4H2,1H3,(H2,15,16,19)/t9-,10+/m0/s1. The van der Waals surface area contributed by atoms with E-state index in [4.69, 9.17) is 4.74 Å². The summed E-state index contributed by atoms with van der Waals surface area (Å²) in [5, 5.41) is 14.0. The summed E-state index contributed by atoms with van der Waals surface area (Å²) < 4.78 is 11.3. The van der Waals surface area contributed by atoms with E-state index < -0.39 is 0 Å². The van der Waals surface area contributed by atoms with Crippen molar-refractivity contribution < 1.29 is 9.53 Å². The molecule has 2 heterocycles. The van der Waals surface area contributed by atoms with Gasteiger partial charge in [-0.25, -0.2) is 4.79 Å². The lowest BCUT2D eigenvalue weighted by Crippen LogP contribution is -2.44. The number of carbonyl (C=O) groups excluding carboxylic acids is 1. The van der Waals surface area contributed by atoms with Crippen molar-refractivity contribution in [1.82, 2.24) is 24.7 Å². The minimum atomic E-state index is -0.257. The Morgan fingerprint density at radius 3 is 3.10 bits per heavy atom. The van der Waals surface area contributed by atoms with Gasteiger partial charge >= 0.3 is 6.03 Å². The fourth-order valence-corrected chi connectivity index (χ4v) is 2.82. The van der Waals surface area contributed by atoms with Crippen LogP contribution in [0.1, 0.15) is 19.3 Å². The van der Waals surface area contributed by atoms with E-state index in [1.807, 2.05) is 13.2 Å². The number of nitrogens with zero attached hydrogens (tertiary/aromatic N) is 4. The first-order chi connectivity index (χ1) is 10.2. The molecule has 0 aromatic carbocycles. The van der Waals surface area contributed by atoms with Crippen LogP contribution in [-0.2, 0) is 7.05 Å². The Bertz CT molecular complexity index is 599. The van der Waals surface area contributed by atoms with Gasteiger partial charge in [0.1, 0.15) is 11.1 Å². The third-order valence-corrected chi connectivity index (χ3v) is 3.92. The Balaban J connectivity index is 1.55. The van der Waals surface area contributed by atoms with Gasteiger partial charge in [0, 0.05) is 18.6 Å². The van der Waals surface area contributed by atoms with Crippen molar-refractivity contribution in [3.8, 4) is 5.75 Å². The number of ether oxygens (including phenoxy) is 1. The van der Waals surface area contributed by atoms with E-state index >= 15 is 0 Å². The molecular weight excluding hydrogens is 292 g/mol. The largest absolute Gasteiger partial charge is 0.485 e. The lowest BCUT2D eigenvalue weighted by atomic mass is 10.2. The first-order valence-electron chi connectivity index (χ1n) is 6.71. The van der Waals surface area contributed by atoms with Crippen LogP contribution in [-0.4, -0.2) is 37.5 Å². The van der Waals surface area contributed by atoms with Crippen LogP contribution < -0.4 is 15.4 Å². The molecule has 2 aromatic rings. The van der Waals surface area contributed by atoms with E-state index in [0.29, 0.717) is 5.00 Å². The maximum Gasteiger partial charge on any atom is 0.320 e. The lowest BCUT2D eigenvalue weighted by molar-refractivity contribution is 0.175. The third-order valence-electron chi connectivity index (χ3n) is 3.34. The molecule has 0 bridgehead atoms. The summed E-state index contributed by atoms with van der Waals surface area (Å²) >= 11 is 1.14. The first-order valence-corrected chi connectivity index (χ1v) is 7.48. The summed E-state index contributed by atoms with van der Waals surface area (Å²) in [6, 6.07) is -0.265. The monoisotopic (exact) mass is 308 g/mol. The van der Waals surface area contributed by atoms with Gasteiger partial charge in [0.15, 0.2) is 5.75 Å². The van der Waals surface area contributed by atoms with Crippen molar-refractivity contribution in [3.05, 3.63) is 18.6 Å². The van der Waals surface area contributed by atoms with Gasteiger partial charge < -0.3 is 10.1 Å². The van der Waals surface area contributed by atoms with Gasteiger partial charge in [-0.15, -0.1) is 5.10 Å². The van der Waals surface area contributed by atoms with E-state index in [9.17, 15) is 4.79 Å². The average Bonchev–Trinajstić information content (AvgIpc) is 3.15. The molecule has 1 fully saturated rings. The summed E-state index contributed by atoms with van der Waals surface area (Å²) in [6.07, 6.45) is 7.83. The number of nitrogens with one attached hydrogen (secondary N) is 2. The number of aryl methyl sites for hydroxylation is 1. The zero-order valence-electron chi connectivity index (χ0n) is 11.5. The number of hydrogen-bond donors (Lipinski definition) is 2. The van der Waals surface area contributed by atoms with E-state index in [0.717, 1.165) is 36.5 Å². The van der Waals surface area contributed by atoms with Gasteiger partial charge in [-0.05, 0) is 19.3 Å². The maximum absolute atomic E-state index is 11.9. The van der Waals surface area contributed by atoms with Gasteiger partial charge in [-0.3, -0.25) is 10.00 Å².